The van der Waals surface area contributed by atoms with Crippen molar-refractivity contribution in [3.63, 3.8) is 0 Å². The van der Waals surface area contributed by atoms with Gasteiger partial charge in [-0.05, 0) is 11.4 Å². The summed E-state index contributed by atoms with van der Waals surface area (Å²) in [5.74, 6) is -19.0. The molecule has 1 aromatic rings. The summed E-state index contributed by atoms with van der Waals surface area (Å²) in [6.07, 6.45) is -6.78. The Morgan fingerprint density at radius 3 is 1.61 bits per heavy atom. The van der Waals surface area contributed by atoms with Gasteiger partial charge >= 0.3 is 23.9 Å². The first kappa shape index (κ1) is 15.1. The first-order chi connectivity index (χ1) is 7.86. The summed E-state index contributed by atoms with van der Waals surface area (Å²) in [4.78, 5) is -1.57. The van der Waals surface area contributed by atoms with Crippen molar-refractivity contribution >= 4 is 11.3 Å². The van der Waals surface area contributed by atoms with Gasteiger partial charge in [-0.1, -0.05) is 6.07 Å². The van der Waals surface area contributed by atoms with Crippen molar-refractivity contribution in [1.82, 2.24) is 0 Å². The zero-order valence-corrected chi connectivity index (χ0v) is 8.86. The number of hydrogen-bond acceptors (Lipinski definition) is 1. The van der Waals surface area contributed by atoms with E-state index in [0.717, 1.165) is 11.4 Å². The highest BCUT2D eigenvalue weighted by molar-refractivity contribution is 7.10. The van der Waals surface area contributed by atoms with Crippen molar-refractivity contribution in [3.05, 3.63) is 22.4 Å². The average Bonchev–Trinajstić information content (AvgIpc) is 2.68. The fourth-order valence-corrected chi connectivity index (χ4v) is 1.72. The molecule has 0 aromatic carbocycles. The van der Waals surface area contributed by atoms with Crippen LogP contribution in [0, 0.1) is 0 Å². The Kier molecular flexibility index (Phi) is 3.39. The molecule has 1 heterocycles. The van der Waals surface area contributed by atoms with Crippen molar-refractivity contribution in [2.75, 3.05) is 0 Å². The van der Waals surface area contributed by atoms with E-state index in [4.69, 9.17) is 0 Å². The number of alkyl halides is 9. The largest absolute Gasteiger partial charge is 0.460 e. The Balaban J connectivity index is 3.30. The Bertz CT molecular complexity index is 403. The second-order valence-corrected chi connectivity index (χ2v) is 4.15. The van der Waals surface area contributed by atoms with E-state index >= 15 is 0 Å². The highest BCUT2D eigenvalue weighted by Crippen LogP contribution is 2.57. The molecule has 0 aliphatic heterocycles. The Morgan fingerprint density at radius 1 is 0.778 bits per heavy atom. The van der Waals surface area contributed by atoms with Crippen molar-refractivity contribution in [3.8, 4) is 0 Å². The molecule has 1 aromatic heterocycles. The zero-order valence-electron chi connectivity index (χ0n) is 8.04. The van der Waals surface area contributed by atoms with E-state index in [0.29, 0.717) is 6.07 Å². The minimum absolute atomic E-state index is 0.0472. The van der Waals surface area contributed by atoms with Crippen LogP contribution in [0.3, 0.4) is 0 Å². The van der Waals surface area contributed by atoms with Crippen molar-refractivity contribution in [1.29, 1.82) is 0 Å². The van der Waals surface area contributed by atoms with Crippen LogP contribution in [0.15, 0.2) is 17.5 Å². The third-order valence-corrected chi connectivity index (χ3v) is 2.91. The van der Waals surface area contributed by atoms with Crippen LogP contribution in [-0.4, -0.2) is 18.0 Å². The molecule has 0 atom stereocenters. The molecule has 0 fully saturated rings. The fraction of sp³-hybridized carbons (Fsp3) is 0.500. The molecule has 0 unspecified atom stereocenters. The number of rotatable bonds is 3. The van der Waals surface area contributed by atoms with Crippen LogP contribution in [0.1, 0.15) is 4.88 Å². The molecule has 0 N–H and O–H groups in total. The first-order valence-corrected chi connectivity index (χ1v) is 4.98. The lowest BCUT2D eigenvalue weighted by Gasteiger charge is -2.33. The van der Waals surface area contributed by atoms with Crippen LogP contribution in [0.25, 0.3) is 0 Å². The van der Waals surface area contributed by atoms with Gasteiger partial charge in [0.05, 0.1) is 4.88 Å². The number of halogens is 9. The van der Waals surface area contributed by atoms with Crippen molar-refractivity contribution < 1.29 is 39.5 Å². The van der Waals surface area contributed by atoms with Gasteiger partial charge in [-0.3, -0.25) is 0 Å². The van der Waals surface area contributed by atoms with Gasteiger partial charge in [0.25, 0.3) is 0 Å². The van der Waals surface area contributed by atoms with E-state index in [9.17, 15) is 39.5 Å². The highest BCUT2D eigenvalue weighted by Gasteiger charge is 2.82. The first-order valence-electron chi connectivity index (χ1n) is 4.10. The van der Waals surface area contributed by atoms with Crippen LogP contribution >= 0.6 is 11.3 Å². The van der Waals surface area contributed by atoms with Gasteiger partial charge in [0.1, 0.15) is 0 Å². The van der Waals surface area contributed by atoms with E-state index in [1.807, 2.05) is 0 Å². The summed E-state index contributed by atoms with van der Waals surface area (Å²) in [5, 5.41) is 0.852. The maximum atomic E-state index is 13.1. The maximum Gasteiger partial charge on any atom is 0.460 e. The molecule has 0 amide bonds. The molecular weight excluding hydrogens is 299 g/mol. The molecule has 18 heavy (non-hydrogen) atoms. The third kappa shape index (κ3) is 1.95. The van der Waals surface area contributed by atoms with Crippen LogP contribution in [0.2, 0.25) is 0 Å². The molecule has 104 valence electrons. The van der Waals surface area contributed by atoms with Crippen LogP contribution in [-0.2, 0) is 5.92 Å². The second-order valence-electron chi connectivity index (χ2n) is 3.20. The standard InChI is InChI=1S/C8H3F9S/c9-5(10,4-2-1-3-18-4)6(11,12)7(13,14)8(15,16)17/h1-3H. The SMILES string of the molecule is FC(F)(F)C(F)(F)C(F)(F)C(F)(F)c1cccs1. The van der Waals surface area contributed by atoms with Gasteiger partial charge in [-0.15, -0.1) is 11.3 Å². The zero-order chi connectivity index (χ0) is 14.4. The molecule has 0 aliphatic carbocycles. The molecule has 0 bridgehead atoms. The lowest BCUT2D eigenvalue weighted by Crippen LogP contribution is -2.59. The molecule has 0 saturated heterocycles. The highest BCUT2D eigenvalue weighted by atomic mass is 32.1. The summed E-state index contributed by atoms with van der Waals surface area (Å²) in [7, 11) is 0. The van der Waals surface area contributed by atoms with Crippen LogP contribution in [0.5, 0.6) is 0 Å². The topological polar surface area (TPSA) is 0 Å². The molecule has 0 aliphatic rings. The summed E-state index contributed by atoms with van der Waals surface area (Å²) in [6.45, 7) is 0. The van der Waals surface area contributed by atoms with Gasteiger partial charge in [-0.2, -0.15) is 39.5 Å². The summed E-state index contributed by atoms with van der Waals surface area (Å²) < 4.78 is 112. The summed E-state index contributed by atoms with van der Waals surface area (Å²) >= 11 is -0.0472. The lowest BCUT2D eigenvalue weighted by atomic mass is 10.0. The van der Waals surface area contributed by atoms with Crippen molar-refractivity contribution in [2.24, 2.45) is 0 Å². The average molecular weight is 302 g/mol. The lowest BCUT2D eigenvalue weighted by molar-refractivity contribution is -0.399. The number of hydrogen-bond donors (Lipinski definition) is 0. The van der Waals surface area contributed by atoms with Gasteiger partial charge in [-0.25, -0.2) is 0 Å². The molecule has 0 radical (unpaired) electrons. The monoisotopic (exact) mass is 302 g/mol. The summed E-state index contributed by atoms with van der Waals surface area (Å²) in [5.41, 5.74) is 0. The Morgan fingerprint density at radius 2 is 1.28 bits per heavy atom. The molecule has 10 heteroatoms. The van der Waals surface area contributed by atoms with E-state index in [2.05, 4.69) is 0 Å². The van der Waals surface area contributed by atoms with Crippen LogP contribution < -0.4 is 0 Å². The molecule has 1 rings (SSSR count). The van der Waals surface area contributed by atoms with Gasteiger partial charge in [0.2, 0.25) is 0 Å². The second kappa shape index (κ2) is 4.04. The maximum absolute atomic E-state index is 13.1. The summed E-state index contributed by atoms with van der Waals surface area (Å²) in [6, 6.07) is 1.18. The third-order valence-electron chi connectivity index (χ3n) is 1.98. The Labute approximate surface area is 98.0 Å². The minimum Gasteiger partial charge on any atom is -0.193 e. The molecular formula is C8H3F9S. The Hall–Kier alpha value is -0.930. The van der Waals surface area contributed by atoms with Gasteiger partial charge in [0.15, 0.2) is 0 Å². The van der Waals surface area contributed by atoms with Crippen molar-refractivity contribution in [2.45, 2.75) is 23.9 Å². The van der Waals surface area contributed by atoms with Gasteiger partial charge in [0, 0.05) is 0 Å². The smallest absolute Gasteiger partial charge is 0.193 e. The number of thiophene rings is 1. The van der Waals surface area contributed by atoms with E-state index in [1.54, 1.807) is 0 Å². The molecule has 0 nitrogen and oxygen atoms in total. The molecule has 0 saturated carbocycles. The predicted octanol–water partition coefficient (Wildman–Crippen LogP) is 4.67. The quantitative estimate of drug-likeness (QED) is 0.712. The fourth-order valence-electron chi connectivity index (χ4n) is 0.987. The predicted molar refractivity (Wildman–Crippen MR) is 44.2 cm³/mol. The van der Waals surface area contributed by atoms with Gasteiger partial charge < -0.3 is 0 Å². The molecule has 0 spiro atoms. The van der Waals surface area contributed by atoms with Crippen LogP contribution in [0.4, 0.5) is 39.5 Å². The van der Waals surface area contributed by atoms with E-state index in [1.165, 1.54) is 0 Å². The van der Waals surface area contributed by atoms with E-state index < -0.39 is 28.8 Å². The van der Waals surface area contributed by atoms with E-state index in [-0.39, 0.29) is 11.3 Å². The normalized spacial score (nSPS) is 14.9. The minimum atomic E-state index is -6.84.